The van der Waals surface area contributed by atoms with Crippen LogP contribution in [0.3, 0.4) is 0 Å². The standard InChI is InChI=1S/C14H16N2O6/c1-15-12(18)6-16-13(19)8-22-14(20)9-21-11-5-3-2-4-10(11)7-17/h2-5,7H,6,8-9H2,1H3,(H,15,18)(H,16,19). The lowest BCUT2D eigenvalue weighted by molar-refractivity contribution is -0.150. The van der Waals surface area contributed by atoms with Gasteiger partial charge in [-0.25, -0.2) is 4.79 Å². The third-order valence-electron chi connectivity index (χ3n) is 2.48. The number of hydrogen-bond acceptors (Lipinski definition) is 6. The molecule has 22 heavy (non-hydrogen) atoms. The molecule has 118 valence electrons. The third-order valence-corrected chi connectivity index (χ3v) is 2.48. The van der Waals surface area contributed by atoms with Gasteiger partial charge in [0.05, 0.1) is 12.1 Å². The van der Waals surface area contributed by atoms with Gasteiger partial charge in [0, 0.05) is 7.05 Å². The number of benzene rings is 1. The number of aldehydes is 1. The molecule has 1 rings (SSSR count). The van der Waals surface area contributed by atoms with Crippen LogP contribution in [0, 0.1) is 0 Å². The van der Waals surface area contributed by atoms with Gasteiger partial charge in [-0.05, 0) is 12.1 Å². The average Bonchev–Trinajstić information content (AvgIpc) is 2.55. The second-order valence-electron chi connectivity index (χ2n) is 4.05. The quantitative estimate of drug-likeness (QED) is 0.484. The van der Waals surface area contributed by atoms with E-state index in [4.69, 9.17) is 4.74 Å². The molecule has 1 aromatic carbocycles. The molecule has 0 unspecified atom stereocenters. The molecule has 0 saturated heterocycles. The molecule has 0 fully saturated rings. The molecular formula is C14H16N2O6. The molecule has 0 heterocycles. The van der Waals surface area contributed by atoms with Gasteiger partial charge in [-0.1, -0.05) is 12.1 Å². The first-order chi connectivity index (χ1) is 10.6. The molecule has 8 heteroatoms. The van der Waals surface area contributed by atoms with Crippen LogP contribution in [0.4, 0.5) is 0 Å². The van der Waals surface area contributed by atoms with Crippen LogP contribution < -0.4 is 15.4 Å². The zero-order valence-corrected chi connectivity index (χ0v) is 12.0. The van der Waals surface area contributed by atoms with Crippen LogP contribution in [0.15, 0.2) is 24.3 Å². The molecule has 0 aliphatic carbocycles. The minimum absolute atomic E-state index is 0.198. The van der Waals surface area contributed by atoms with Gasteiger partial charge in [0.2, 0.25) is 5.91 Å². The summed E-state index contributed by atoms with van der Waals surface area (Å²) in [4.78, 5) is 44.4. The first-order valence-corrected chi connectivity index (χ1v) is 6.36. The van der Waals surface area contributed by atoms with Crippen molar-refractivity contribution in [1.82, 2.24) is 10.6 Å². The third kappa shape index (κ3) is 6.04. The van der Waals surface area contributed by atoms with Crippen molar-refractivity contribution < 1.29 is 28.7 Å². The SMILES string of the molecule is CNC(=O)CNC(=O)COC(=O)COc1ccccc1C=O. The number of rotatable bonds is 8. The molecule has 0 atom stereocenters. The van der Waals surface area contributed by atoms with Gasteiger partial charge in [0.25, 0.3) is 5.91 Å². The van der Waals surface area contributed by atoms with E-state index in [0.29, 0.717) is 11.8 Å². The molecule has 0 bridgehead atoms. The highest BCUT2D eigenvalue weighted by molar-refractivity contribution is 5.86. The van der Waals surface area contributed by atoms with Gasteiger partial charge in [0.1, 0.15) is 5.75 Å². The molecule has 8 nitrogen and oxygen atoms in total. The molecule has 0 spiro atoms. The van der Waals surface area contributed by atoms with Crippen molar-refractivity contribution in [3.63, 3.8) is 0 Å². The zero-order valence-electron chi connectivity index (χ0n) is 12.0. The van der Waals surface area contributed by atoms with E-state index in [0.717, 1.165) is 0 Å². The average molecular weight is 308 g/mol. The van der Waals surface area contributed by atoms with Crippen molar-refractivity contribution in [1.29, 1.82) is 0 Å². The van der Waals surface area contributed by atoms with Gasteiger partial charge < -0.3 is 20.1 Å². The van der Waals surface area contributed by atoms with Gasteiger partial charge >= 0.3 is 5.97 Å². The largest absolute Gasteiger partial charge is 0.481 e. The van der Waals surface area contributed by atoms with Crippen molar-refractivity contribution >= 4 is 24.1 Å². The van der Waals surface area contributed by atoms with Gasteiger partial charge in [-0.3, -0.25) is 14.4 Å². The second-order valence-corrected chi connectivity index (χ2v) is 4.05. The molecular weight excluding hydrogens is 292 g/mol. The van der Waals surface area contributed by atoms with Crippen LogP contribution in [0.2, 0.25) is 0 Å². The minimum Gasteiger partial charge on any atom is -0.481 e. The first-order valence-electron chi connectivity index (χ1n) is 6.36. The van der Waals surface area contributed by atoms with Crippen molar-refractivity contribution in [3.05, 3.63) is 29.8 Å². The number of hydrogen-bond donors (Lipinski definition) is 2. The van der Waals surface area contributed by atoms with E-state index in [1.165, 1.54) is 13.1 Å². The summed E-state index contributed by atoms with van der Waals surface area (Å²) in [5, 5.41) is 4.59. The highest BCUT2D eigenvalue weighted by Gasteiger charge is 2.10. The summed E-state index contributed by atoms with van der Waals surface area (Å²) in [6.07, 6.45) is 0.604. The minimum atomic E-state index is -0.768. The van der Waals surface area contributed by atoms with Crippen LogP contribution in [0.25, 0.3) is 0 Å². The topological polar surface area (TPSA) is 111 Å². The molecule has 0 saturated carbocycles. The van der Waals surface area contributed by atoms with Crippen LogP contribution in [-0.4, -0.2) is 50.9 Å². The maximum absolute atomic E-state index is 11.4. The summed E-state index contributed by atoms with van der Waals surface area (Å²) in [5.41, 5.74) is 0.304. The van der Waals surface area contributed by atoms with E-state index in [-0.39, 0.29) is 18.2 Å². The number of carbonyl (C=O) groups is 4. The highest BCUT2D eigenvalue weighted by Crippen LogP contribution is 2.15. The lowest BCUT2D eigenvalue weighted by atomic mass is 10.2. The Kier molecular flexibility index (Phi) is 7.10. The first kappa shape index (κ1) is 17.2. The van der Waals surface area contributed by atoms with E-state index in [1.54, 1.807) is 18.2 Å². The van der Waals surface area contributed by atoms with E-state index in [9.17, 15) is 19.2 Å². The van der Waals surface area contributed by atoms with E-state index < -0.39 is 25.1 Å². The van der Waals surface area contributed by atoms with Crippen molar-refractivity contribution in [2.75, 3.05) is 26.8 Å². The Labute approximate surface area is 126 Å². The Morgan fingerprint density at radius 3 is 2.55 bits per heavy atom. The van der Waals surface area contributed by atoms with Crippen molar-refractivity contribution in [2.24, 2.45) is 0 Å². The molecule has 1 aromatic rings. The Balaban J connectivity index is 2.30. The maximum atomic E-state index is 11.4. The van der Waals surface area contributed by atoms with Crippen LogP contribution in [0.5, 0.6) is 5.75 Å². The summed E-state index contributed by atoms with van der Waals surface area (Å²) in [6, 6.07) is 6.39. The van der Waals surface area contributed by atoms with Gasteiger partial charge in [-0.15, -0.1) is 0 Å². The normalized spacial score (nSPS) is 9.50. The molecule has 0 aliphatic heterocycles. The number of carbonyl (C=O) groups excluding carboxylic acids is 4. The molecule has 0 radical (unpaired) electrons. The Hall–Kier alpha value is -2.90. The van der Waals surface area contributed by atoms with Gasteiger partial charge in [-0.2, -0.15) is 0 Å². The number of likely N-dealkylation sites (N-methyl/N-ethyl adjacent to an activating group) is 1. The lowest BCUT2D eigenvalue weighted by Gasteiger charge is -2.08. The second kappa shape index (κ2) is 9.11. The predicted molar refractivity (Wildman–Crippen MR) is 75.4 cm³/mol. The smallest absolute Gasteiger partial charge is 0.344 e. The predicted octanol–water partition coefficient (Wildman–Crippen LogP) is -0.717. The molecule has 0 aromatic heterocycles. The number of nitrogens with one attached hydrogen (secondary N) is 2. The summed E-state index contributed by atoms with van der Waals surface area (Å²) in [5.74, 6) is -1.49. The van der Waals surface area contributed by atoms with Crippen LogP contribution in [0.1, 0.15) is 10.4 Å². The number of para-hydroxylation sites is 1. The Bertz CT molecular complexity index is 558. The summed E-state index contributed by atoms with van der Waals surface area (Å²) in [6.45, 7) is -1.15. The molecule has 0 aliphatic rings. The van der Waals surface area contributed by atoms with E-state index in [2.05, 4.69) is 15.4 Å². The van der Waals surface area contributed by atoms with Crippen molar-refractivity contribution in [2.45, 2.75) is 0 Å². The molecule has 2 amide bonds. The number of esters is 1. The number of amides is 2. The monoisotopic (exact) mass is 308 g/mol. The van der Waals surface area contributed by atoms with Crippen LogP contribution >= 0.6 is 0 Å². The molecule has 2 N–H and O–H groups in total. The van der Waals surface area contributed by atoms with E-state index >= 15 is 0 Å². The Morgan fingerprint density at radius 2 is 1.86 bits per heavy atom. The van der Waals surface area contributed by atoms with E-state index in [1.807, 2.05) is 0 Å². The Morgan fingerprint density at radius 1 is 1.14 bits per heavy atom. The summed E-state index contributed by atoms with van der Waals surface area (Å²) in [7, 11) is 1.43. The summed E-state index contributed by atoms with van der Waals surface area (Å²) >= 11 is 0. The maximum Gasteiger partial charge on any atom is 0.344 e. The van der Waals surface area contributed by atoms with Gasteiger partial charge in [0.15, 0.2) is 19.5 Å². The fourth-order valence-corrected chi connectivity index (χ4v) is 1.35. The van der Waals surface area contributed by atoms with Crippen molar-refractivity contribution in [3.8, 4) is 5.75 Å². The number of ether oxygens (including phenoxy) is 2. The fraction of sp³-hybridized carbons (Fsp3) is 0.286. The van der Waals surface area contributed by atoms with Crippen LogP contribution in [-0.2, 0) is 19.1 Å². The highest BCUT2D eigenvalue weighted by atomic mass is 16.6. The lowest BCUT2D eigenvalue weighted by Crippen LogP contribution is -2.37. The fourth-order valence-electron chi connectivity index (χ4n) is 1.35. The zero-order chi connectivity index (χ0) is 16.4. The summed E-state index contributed by atoms with van der Waals surface area (Å²) < 4.78 is 9.81.